The van der Waals surface area contributed by atoms with Crippen LogP contribution in [0.25, 0.3) is 16.7 Å². The minimum atomic E-state index is -3.89. The number of ether oxygens (including phenoxy) is 1. The lowest BCUT2D eigenvalue weighted by molar-refractivity contribution is 0.0643. The lowest BCUT2D eigenvalue weighted by Gasteiger charge is -2.10. The number of para-hydroxylation sites is 1. The van der Waals surface area contributed by atoms with E-state index < -0.39 is 16.1 Å². The van der Waals surface area contributed by atoms with Crippen molar-refractivity contribution in [2.24, 2.45) is 7.05 Å². The lowest BCUT2D eigenvalue weighted by atomic mass is 10.1. The molecule has 4 aromatic rings. The van der Waals surface area contributed by atoms with Gasteiger partial charge in [-0.2, -0.15) is 10.2 Å². The first-order chi connectivity index (χ1) is 14.4. The second kappa shape index (κ2) is 7.86. The summed E-state index contributed by atoms with van der Waals surface area (Å²) in [6.07, 6.45) is 4.96. The number of aromatic nitrogens is 5. The van der Waals surface area contributed by atoms with Crippen LogP contribution in [0.3, 0.4) is 0 Å². The van der Waals surface area contributed by atoms with E-state index in [0.717, 1.165) is 5.39 Å². The van der Waals surface area contributed by atoms with Crippen LogP contribution < -0.4 is 4.72 Å². The Bertz CT molecular complexity index is 1300. The van der Waals surface area contributed by atoms with Crippen molar-refractivity contribution in [3.05, 3.63) is 60.7 Å². The molecule has 1 aromatic carbocycles. The number of anilines is 1. The summed E-state index contributed by atoms with van der Waals surface area (Å²) in [6.45, 7) is 0.131. The van der Waals surface area contributed by atoms with Gasteiger partial charge in [0.1, 0.15) is 11.0 Å². The van der Waals surface area contributed by atoms with Crippen LogP contribution in [0.5, 0.6) is 0 Å². The molecule has 3 aromatic heterocycles. The van der Waals surface area contributed by atoms with Crippen molar-refractivity contribution < 1.29 is 18.3 Å². The van der Waals surface area contributed by atoms with E-state index >= 15 is 0 Å². The molecular formula is C19H20N6O4S. The zero-order valence-corrected chi connectivity index (χ0v) is 17.1. The Balaban J connectivity index is 1.63. The van der Waals surface area contributed by atoms with E-state index in [0.29, 0.717) is 22.6 Å². The zero-order chi connectivity index (χ0) is 21.3. The Kier molecular flexibility index (Phi) is 5.24. The molecule has 0 fully saturated rings. The summed E-state index contributed by atoms with van der Waals surface area (Å²) in [6, 6.07) is 8.57. The van der Waals surface area contributed by atoms with Crippen molar-refractivity contribution in [1.29, 1.82) is 0 Å². The number of nitrogens with zero attached hydrogens (tertiary/aromatic N) is 5. The Morgan fingerprint density at radius 3 is 2.87 bits per heavy atom. The first-order valence-electron chi connectivity index (χ1n) is 9.00. The third-order valence-corrected chi connectivity index (χ3v) is 5.91. The molecule has 0 saturated heterocycles. The summed E-state index contributed by atoms with van der Waals surface area (Å²) in [5, 5.41) is 19.2. The summed E-state index contributed by atoms with van der Waals surface area (Å²) in [5.74, 6) is 0.373. The van der Waals surface area contributed by atoms with Crippen LogP contribution in [0.15, 0.2) is 60.0 Å². The molecule has 0 saturated carbocycles. The number of hydrogen-bond donors (Lipinski definition) is 2. The van der Waals surface area contributed by atoms with Crippen LogP contribution in [0, 0.1) is 0 Å². The van der Waals surface area contributed by atoms with Crippen LogP contribution in [0.1, 0.15) is 11.7 Å². The second-order valence-corrected chi connectivity index (χ2v) is 8.34. The molecule has 10 nitrogen and oxygen atoms in total. The highest BCUT2D eigenvalue weighted by atomic mass is 32.2. The van der Waals surface area contributed by atoms with Crippen molar-refractivity contribution in [3.63, 3.8) is 0 Å². The van der Waals surface area contributed by atoms with Gasteiger partial charge in [-0.1, -0.05) is 12.1 Å². The molecule has 30 heavy (non-hydrogen) atoms. The molecule has 1 atom stereocenters. The van der Waals surface area contributed by atoms with Crippen LogP contribution in [-0.4, -0.2) is 51.8 Å². The highest BCUT2D eigenvalue weighted by molar-refractivity contribution is 7.92. The van der Waals surface area contributed by atoms with Gasteiger partial charge in [-0.05, 0) is 23.8 Å². The molecule has 4 rings (SSSR count). The third-order valence-electron chi connectivity index (χ3n) is 4.59. The summed E-state index contributed by atoms with van der Waals surface area (Å²) in [4.78, 5) is 4.18. The molecular weight excluding hydrogens is 408 g/mol. The highest BCUT2D eigenvalue weighted by Crippen LogP contribution is 2.25. The average Bonchev–Trinajstić information content (AvgIpc) is 3.37. The number of sulfonamides is 1. The van der Waals surface area contributed by atoms with E-state index in [9.17, 15) is 13.5 Å². The highest BCUT2D eigenvalue weighted by Gasteiger charge is 2.20. The Morgan fingerprint density at radius 1 is 1.23 bits per heavy atom. The van der Waals surface area contributed by atoms with Crippen molar-refractivity contribution in [3.8, 4) is 5.82 Å². The van der Waals surface area contributed by atoms with E-state index in [-0.39, 0.29) is 11.5 Å². The van der Waals surface area contributed by atoms with Crippen LogP contribution in [0.4, 0.5) is 5.69 Å². The fraction of sp³-hybridized carbons (Fsp3) is 0.211. The largest absolute Gasteiger partial charge is 0.386 e. The van der Waals surface area contributed by atoms with Gasteiger partial charge in [0.25, 0.3) is 10.0 Å². The summed E-state index contributed by atoms with van der Waals surface area (Å²) in [5.41, 5.74) is 1.68. The minimum absolute atomic E-state index is 0.0219. The summed E-state index contributed by atoms with van der Waals surface area (Å²) in [7, 11) is -0.653. The number of hydrogen-bond acceptors (Lipinski definition) is 7. The number of rotatable bonds is 7. The van der Waals surface area contributed by atoms with Crippen molar-refractivity contribution in [2.75, 3.05) is 18.4 Å². The van der Waals surface area contributed by atoms with Gasteiger partial charge in [0.2, 0.25) is 0 Å². The van der Waals surface area contributed by atoms with E-state index in [1.807, 2.05) is 6.07 Å². The maximum absolute atomic E-state index is 12.9. The summed E-state index contributed by atoms with van der Waals surface area (Å²) < 4.78 is 36.3. The van der Waals surface area contributed by atoms with Crippen molar-refractivity contribution in [1.82, 2.24) is 24.5 Å². The lowest BCUT2D eigenvalue weighted by Crippen LogP contribution is -2.13. The molecule has 0 bridgehead atoms. The minimum Gasteiger partial charge on any atom is -0.386 e. The monoisotopic (exact) mass is 428 g/mol. The number of fused-ring (bicyclic) bond motifs is 1. The smallest absolute Gasteiger partial charge is 0.265 e. The van der Waals surface area contributed by atoms with Gasteiger partial charge in [-0.25, -0.2) is 18.1 Å². The van der Waals surface area contributed by atoms with E-state index in [2.05, 4.69) is 19.9 Å². The predicted octanol–water partition coefficient (Wildman–Crippen LogP) is 1.63. The second-order valence-electron chi connectivity index (χ2n) is 6.66. The maximum atomic E-state index is 12.9. The Morgan fingerprint density at radius 2 is 2.07 bits per heavy atom. The molecule has 0 aliphatic carbocycles. The zero-order valence-electron chi connectivity index (χ0n) is 16.3. The first kappa shape index (κ1) is 20.0. The third kappa shape index (κ3) is 3.77. The topological polar surface area (TPSA) is 124 Å². The van der Waals surface area contributed by atoms with E-state index in [1.54, 1.807) is 42.2 Å². The number of aliphatic hydroxyl groups is 1. The molecule has 11 heteroatoms. The number of methoxy groups -OCH3 is 1. The molecule has 0 unspecified atom stereocenters. The Hall–Kier alpha value is -3.28. The van der Waals surface area contributed by atoms with Gasteiger partial charge < -0.3 is 9.84 Å². The number of pyridine rings is 1. The maximum Gasteiger partial charge on any atom is 0.265 e. The molecule has 2 N–H and O–H groups in total. The summed E-state index contributed by atoms with van der Waals surface area (Å²) >= 11 is 0. The molecule has 0 spiro atoms. The first-order valence-corrected chi connectivity index (χ1v) is 10.5. The molecule has 0 amide bonds. The molecule has 0 aliphatic rings. The quantitative estimate of drug-likeness (QED) is 0.458. The predicted molar refractivity (Wildman–Crippen MR) is 110 cm³/mol. The van der Waals surface area contributed by atoms with Crippen molar-refractivity contribution >= 4 is 26.6 Å². The number of nitrogens with one attached hydrogen (secondary N) is 1. The molecule has 3 heterocycles. The Labute approximate surface area is 172 Å². The van der Waals surface area contributed by atoms with Gasteiger partial charge >= 0.3 is 0 Å². The molecule has 156 valence electrons. The number of benzene rings is 1. The van der Waals surface area contributed by atoms with Crippen LogP contribution >= 0.6 is 0 Å². The SMILES string of the molecule is COC[C@@H](O)c1ccnc(-n2cc(S(=O)(=O)Nc3cccc4cnn(C)c34)cn2)c1. The van der Waals surface area contributed by atoms with Gasteiger partial charge in [0, 0.05) is 25.7 Å². The molecule has 0 aliphatic heterocycles. The normalized spacial score (nSPS) is 12.9. The van der Waals surface area contributed by atoms with Crippen LogP contribution in [0.2, 0.25) is 0 Å². The van der Waals surface area contributed by atoms with Crippen LogP contribution in [-0.2, 0) is 21.8 Å². The van der Waals surface area contributed by atoms with Gasteiger partial charge in [0.15, 0.2) is 5.82 Å². The number of aryl methyl sites for hydroxylation is 1. The van der Waals surface area contributed by atoms with Gasteiger partial charge in [0.05, 0.1) is 36.4 Å². The standard InChI is InChI=1S/C19H20N6O4S/c1-24-19-14(9-21-24)4-3-5-16(19)23-30(27,28)15-10-22-25(11-15)18-8-13(6-7-20-18)17(26)12-29-2/h3-11,17,23,26H,12H2,1-2H3/t17-/m1/s1. The fourth-order valence-corrected chi connectivity index (χ4v) is 4.11. The fourth-order valence-electron chi connectivity index (χ4n) is 3.11. The van der Waals surface area contributed by atoms with E-state index in [1.165, 1.54) is 30.4 Å². The van der Waals surface area contributed by atoms with E-state index in [4.69, 9.17) is 4.74 Å². The average molecular weight is 428 g/mol. The van der Waals surface area contributed by atoms with Gasteiger partial charge in [-0.15, -0.1) is 0 Å². The number of aliphatic hydroxyl groups excluding tert-OH is 1. The van der Waals surface area contributed by atoms with Crippen molar-refractivity contribution in [2.45, 2.75) is 11.0 Å². The van der Waals surface area contributed by atoms with Gasteiger partial charge in [-0.3, -0.25) is 9.40 Å². The molecule has 0 radical (unpaired) electrons.